The van der Waals surface area contributed by atoms with E-state index in [1.807, 2.05) is 0 Å². The summed E-state index contributed by atoms with van der Waals surface area (Å²) >= 11 is 0. The number of halogens is 3. The van der Waals surface area contributed by atoms with Crippen molar-refractivity contribution in [3.63, 3.8) is 0 Å². The molecule has 0 atom stereocenters. The molecular weight excluding hydrogens is 245 g/mol. The second-order valence-corrected chi connectivity index (χ2v) is 4.26. The van der Waals surface area contributed by atoms with E-state index in [9.17, 15) is 13.2 Å². The van der Waals surface area contributed by atoms with Crippen molar-refractivity contribution in [2.45, 2.75) is 24.9 Å². The molecule has 0 radical (unpaired) electrons. The molecular formula is C11H9F3N4. The molecule has 1 saturated carbocycles. The van der Waals surface area contributed by atoms with Crippen molar-refractivity contribution in [2.24, 2.45) is 0 Å². The molecule has 0 bridgehead atoms. The summed E-state index contributed by atoms with van der Waals surface area (Å²) in [5, 5.41) is 6.29. The van der Waals surface area contributed by atoms with E-state index in [0.717, 1.165) is 18.9 Å². The lowest BCUT2D eigenvalue weighted by molar-refractivity contribution is -0.141. The van der Waals surface area contributed by atoms with Gasteiger partial charge in [-0.15, -0.1) is 0 Å². The van der Waals surface area contributed by atoms with E-state index in [-0.39, 0.29) is 11.7 Å². The quantitative estimate of drug-likeness (QED) is 0.896. The monoisotopic (exact) mass is 254 g/mol. The van der Waals surface area contributed by atoms with Crippen molar-refractivity contribution in [2.75, 3.05) is 0 Å². The zero-order valence-electron chi connectivity index (χ0n) is 9.20. The van der Waals surface area contributed by atoms with Gasteiger partial charge in [0, 0.05) is 17.2 Å². The highest BCUT2D eigenvalue weighted by molar-refractivity contribution is 5.56. The van der Waals surface area contributed by atoms with Crippen molar-refractivity contribution in [1.29, 1.82) is 0 Å². The molecule has 7 heteroatoms. The molecule has 1 fully saturated rings. The van der Waals surface area contributed by atoms with Gasteiger partial charge in [0.1, 0.15) is 12.0 Å². The fraction of sp³-hybridized carbons (Fsp3) is 0.364. The summed E-state index contributed by atoms with van der Waals surface area (Å²) in [7, 11) is 0. The van der Waals surface area contributed by atoms with Crippen LogP contribution in [-0.2, 0) is 6.18 Å². The first-order valence-corrected chi connectivity index (χ1v) is 5.49. The SMILES string of the molecule is FC(F)(F)c1cc(-c2nc[nH]n2)cc(C2CC2)n1. The number of alkyl halides is 3. The lowest BCUT2D eigenvalue weighted by Crippen LogP contribution is -2.09. The molecule has 1 aliphatic rings. The molecule has 0 aliphatic heterocycles. The predicted octanol–water partition coefficient (Wildman–Crippen LogP) is 2.76. The van der Waals surface area contributed by atoms with E-state index in [2.05, 4.69) is 20.2 Å². The minimum Gasteiger partial charge on any atom is -0.265 e. The average Bonchev–Trinajstić information content (AvgIpc) is 3.03. The summed E-state index contributed by atoms with van der Waals surface area (Å²) in [5.74, 6) is 0.398. The van der Waals surface area contributed by atoms with Gasteiger partial charge in [0.15, 0.2) is 5.82 Å². The first kappa shape index (κ1) is 11.2. The molecule has 2 aromatic rings. The molecule has 4 nitrogen and oxygen atoms in total. The molecule has 0 saturated heterocycles. The topological polar surface area (TPSA) is 54.5 Å². The summed E-state index contributed by atoms with van der Waals surface area (Å²) in [6.07, 6.45) is -1.33. The number of aromatic nitrogens is 4. The summed E-state index contributed by atoms with van der Waals surface area (Å²) in [6.45, 7) is 0. The summed E-state index contributed by atoms with van der Waals surface area (Å²) in [6, 6.07) is 2.62. The van der Waals surface area contributed by atoms with E-state index >= 15 is 0 Å². The van der Waals surface area contributed by atoms with E-state index < -0.39 is 11.9 Å². The van der Waals surface area contributed by atoms with Gasteiger partial charge in [-0.05, 0) is 25.0 Å². The van der Waals surface area contributed by atoms with Crippen molar-refractivity contribution in [1.82, 2.24) is 20.2 Å². The van der Waals surface area contributed by atoms with E-state index in [1.54, 1.807) is 6.07 Å². The molecule has 0 amide bonds. The first-order chi connectivity index (χ1) is 8.54. The van der Waals surface area contributed by atoms with Gasteiger partial charge in [0.2, 0.25) is 0 Å². The van der Waals surface area contributed by atoms with Gasteiger partial charge in [0.05, 0.1) is 0 Å². The molecule has 0 spiro atoms. The Morgan fingerprint density at radius 1 is 1.22 bits per heavy atom. The molecule has 94 valence electrons. The van der Waals surface area contributed by atoms with Crippen LogP contribution in [0.4, 0.5) is 13.2 Å². The number of nitrogens with zero attached hydrogens (tertiary/aromatic N) is 3. The first-order valence-electron chi connectivity index (χ1n) is 5.49. The van der Waals surface area contributed by atoms with Crippen LogP contribution in [0.25, 0.3) is 11.4 Å². The van der Waals surface area contributed by atoms with Gasteiger partial charge in [-0.1, -0.05) is 0 Å². The van der Waals surface area contributed by atoms with E-state index in [4.69, 9.17) is 0 Å². The number of H-pyrrole nitrogens is 1. The number of hydrogen-bond donors (Lipinski definition) is 1. The van der Waals surface area contributed by atoms with Gasteiger partial charge in [-0.2, -0.15) is 18.3 Å². The third kappa shape index (κ3) is 2.07. The predicted molar refractivity (Wildman–Crippen MR) is 56.6 cm³/mol. The number of aromatic amines is 1. The van der Waals surface area contributed by atoms with Gasteiger partial charge in [0.25, 0.3) is 0 Å². The van der Waals surface area contributed by atoms with Crippen LogP contribution in [0.1, 0.15) is 30.1 Å². The molecule has 0 unspecified atom stereocenters. The van der Waals surface area contributed by atoms with Crippen molar-refractivity contribution < 1.29 is 13.2 Å². The Labute approximate surface area is 100 Å². The van der Waals surface area contributed by atoms with Crippen molar-refractivity contribution >= 4 is 0 Å². The molecule has 0 aromatic carbocycles. The Bertz CT molecular complexity index is 558. The van der Waals surface area contributed by atoms with Crippen LogP contribution in [0.2, 0.25) is 0 Å². The number of pyridine rings is 1. The normalized spacial score (nSPS) is 15.9. The number of rotatable bonds is 2. The van der Waals surface area contributed by atoms with Gasteiger partial charge in [-0.3, -0.25) is 5.10 Å². The van der Waals surface area contributed by atoms with Crippen molar-refractivity contribution in [3.8, 4) is 11.4 Å². The maximum Gasteiger partial charge on any atom is 0.433 e. The van der Waals surface area contributed by atoms with E-state index in [1.165, 1.54) is 6.33 Å². The van der Waals surface area contributed by atoms with Crippen LogP contribution in [-0.4, -0.2) is 20.2 Å². The Balaban J connectivity index is 2.11. The molecule has 1 aliphatic carbocycles. The van der Waals surface area contributed by atoms with E-state index in [0.29, 0.717) is 11.3 Å². The molecule has 2 aromatic heterocycles. The van der Waals surface area contributed by atoms with Crippen LogP contribution in [0, 0.1) is 0 Å². The zero-order valence-corrected chi connectivity index (χ0v) is 9.20. The maximum atomic E-state index is 12.8. The second kappa shape index (κ2) is 3.79. The molecule has 1 N–H and O–H groups in total. The highest BCUT2D eigenvalue weighted by Crippen LogP contribution is 2.41. The van der Waals surface area contributed by atoms with Crippen LogP contribution in [0.5, 0.6) is 0 Å². The zero-order chi connectivity index (χ0) is 12.8. The van der Waals surface area contributed by atoms with Crippen molar-refractivity contribution in [3.05, 3.63) is 29.8 Å². The fourth-order valence-corrected chi connectivity index (χ4v) is 1.76. The smallest absolute Gasteiger partial charge is 0.265 e. The minimum atomic E-state index is -4.45. The maximum absolute atomic E-state index is 12.8. The third-order valence-electron chi connectivity index (χ3n) is 2.80. The fourth-order valence-electron chi connectivity index (χ4n) is 1.76. The number of hydrogen-bond acceptors (Lipinski definition) is 3. The summed E-state index contributed by atoms with van der Waals surface area (Å²) in [5.41, 5.74) is -0.0585. The Morgan fingerprint density at radius 2 is 2.00 bits per heavy atom. The van der Waals surface area contributed by atoms with Gasteiger partial charge < -0.3 is 0 Å². The lowest BCUT2D eigenvalue weighted by Gasteiger charge is -2.09. The van der Waals surface area contributed by atoms with Crippen LogP contribution < -0.4 is 0 Å². The van der Waals surface area contributed by atoms with Gasteiger partial charge in [-0.25, -0.2) is 9.97 Å². The Kier molecular flexibility index (Phi) is 2.36. The standard InChI is InChI=1S/C11H9F3N4/c12-11(13,14)9-4-7(10-15-5-16-18-10)3-8(17-9)6-1-2-6/h3-6H,1-2H2,(H,15,16,18). The Hall–Kier alpha value is -1.92. The largest absolute Gasteiger partial charge is 0.433 e. The average molecular weight is 254 g/mol. The lowest BCUT2D eigenvalue weighted by atomic mass is 10.1. The third-order valence-corrected chi connectivity index (χ3v) is 2.80. The molecule has 3 rings (SSSR count). The van der Waals surface area contributed by atoms with Crippen LogP contribution in [0.15, 0.2) is 18.5 Å². The van der Waals surface area contributed by atoms with Crippen LogP contribution >= 0.6 is 0 Å². The highest BCUT2D eigenvalue weighted by Gasteiger charge is 2.35. The summed E-state index contributed by atoms with van der Waals surface area (Å²) in [4.78, 5) is 7.55. The Morgan fingerprint density at radius 3 is 2.56 bits per heavy atom. The van der Waals surface area contributed by atoms with Crippen LogP contribution in [0.3, 0.4) is 0 Å². The number of nitrogens with one attached hydrogen (secondary N) is 1. The van der Waals surface area contributed by atoms with Gasteiger partial charge >= 0.3 is 6.18 Å². The summed E-state index contributed by atoms with van der Waals surface area (Å²) < 4.78 is 38.3. The molecule has 18 heavy (non-hydrogen) atoms. The minimum absolute atomic E-state index is 0.144. The second-order valence-electron chi connectivity index (χ2n) is 4.26. The molecule has 2 heterocycles. The highest BCUT2D eigenvalue weighted by atomic mass is 19.4.